The molecule has 1 aromatic heterocycles. The maximum absolute atomic E-state index is 13.4. The number of fused-ring (bicyclic) bond motifs is 1. The highest BCUT2D eigenvalue weighted by Crippen LogP contribution is 2.39. The summed E-state index contributed by atoms with van der Waals surface area (Å²) >= 11 is 0. The van der Waals surface area contributed by atoms with E-state index in [9.17, 15) is 9.18 Å². The molecule has 0 fully saturated rings. The molecule has 1 aliphatic rings. The molecule has 1 aliphatic carbocycles. The Morgan fingerprint density at radius 3 is 2.34 bits per heavy atom. The molecule has 4 aromatic rings. The first-order chi connectivity index (χ1) is 20.1. The van der Waals surface area contributed by atoms with Crippen molar-refractivity contribution in [1.82, 2.24) is 4.98 Å². The number of carbonyl (C=O) groups excluding carboxylic acids is 1. The molecule has 212 valence electrons. The number of aromatic nitrogens is 1. The Balaban J connectivity index is 0.00000111. The summed E-state index contributed by atoms with van der Waals surface area (Å²) in [6, 6.07) is 18.1. The van der Waals surface area contributed by atoms with Gasteiger partial charge in [0.25, 0.3) is 0 Å². The minimum absolute atomic E-state index is 0.181. The fourth-order valence-electron chi connectivity index (χ4n) is 4.85. The van der Waals surface area contributed by atoms with Gasteiger partial charge in [-0.15, -0.1) is 0 Å². The highest BCUT2D eigenvalue weighted by molar-refractivity contribution is 5.84. The molecule has 0 spiro atoms. The number of ether oxygens (including phenoxy) is 2. The van der Waals surface area contributed by atoms with Gasteiger partial charge in [0.2, 0.25) is 0 Å². The van der Waals surface area contributed by atoms with E-state index in [4.69, 9.17) is 14.7 Å². The van der Waals surface area contributed by atoms with Gasteiger partial charge < -0.3 is 9.47 Å². The maximum atomic E-state index is 13.4. The molecule has 6 heteroatoms. The number of rotatable bonds is 8. The summed E-state index contributed by atoms with van der Waals surface area (Å²) in [6.45, 7) is 10.6. The number of pyridine rings is 1. The van der Waals surface area contributed by atoms with E-state index in [0.717, 1.165) is 64.5 Å². The zero-order valence-corrected chi connectivity index (χ0v) is 24.5. The number of benzene rings is 3. The Morgan fingerprint density at radius 2 is 1.63 bits per heavy atom. The molecule has 1 heterocycles. The molecule has 5 rings (SSSR count). The summed E-state index contributed by atoms with van der Waals surface area (Å²) in [6.07, 6.45) is 6.57. The van der Waals surface area contributed by atoms with Crippen molar-refractivity contribution in [1.29, 1.82) is 5.26 Å². The van der Waals surface area contributed by atoms with Crippen LogP contribution in [0.25, 0.3) is 11.1 Å². The highest BCUT2D eigenvalue weighted by atomic mass is 19.1. The number of hydrogen-bond donors (Lipinski definition) is 0. The Morgan fingerprint density at radius 1 is 0.927 bits per heavy atom. The van der Waals surface area contributed by atoms with Crippen molar-refractivity contribution in [2.24, 2.45) is 0 Å². The Bertz CT molecular complexity index is 1510. The molecule has 3 aromatic carbocycles. The second-order valence-corrected chi connectivity index (χ2v) is 9.08. The lowest BCUT2D eigenvalue weighted by atomic mass is 9.96. The first kappa shape index (κ1) is 31.0. The lowest BCUT2D eigenvalue weighted by molar-refractivity contribution is 0.111. The van der Waals surface area contributed by atoms with Crippen molar-refractivity contribution in [2.75, 3.05) is 0 Å². The van der Waals surface area contributed by atoms with Crippen LogP contribution in [-0.2, 0) is 26.1 Å². The second-order valence-electron chi connectivity index (χ2n) is 9.08. The van der Waals surface area contributed by atoms with Gasteiger partial charge in [0, 0.05) is 24.0 Å². The first-order valence-electron chi connectivity index (χ1n) is 14.2. The van der Waals surface area contributed by atoms with Crippen LogP contribution in [0.2, 0.25) is 0 Å². The Hall–Kier alpha value is -4.50. The van der Waals surface area contributed by atoms with E-state index < -0.39 is 0 Å². The summed E-state index contributed by atoms with van der Waals surface area (Å²) in [5.41, 5.74) is 7.84. The first-order valence-corrected chi connectivity index (χ1v) is 14.2. The summed E-state index contributed by atoms with van der Waals surface area (Å²) in [7, 11) is 0. The molecule has 0 atom stereocenters. The molecule has 0 radical (unpaired) electrons. The van der Waals surface area contributed by atoms with Gasteiger partial charge in [-0.25, -0.2) is 4.39 Å². The van der Waals surface area contributed by atoms with Crippen molar-refractivity contribution in [3.8, 4) is 28.7 Å². The predicted molar refractivity (Wildman–Crippen MR) is 161 cm³/mol. The minimum Gasteiger partial charge on any atom is -0.488 e. The van der Waals surface area contributed by atoms with E-state index in [1.165, 1.54) is 18.3 Å². The molecule has 0 bridgehead atoms. The van der Waals surface area contributed by atoms with Crippen LogP contribution in [-0.4, -0.2) is 11.3 Å². The van der Waals surface area contributed by atoms with Gasteiger partial charge in [-0.3, -0.25) is 9.78 Å². The van der Waals surface area contributed by atoms with Gasteiger partial charge in [-0.2, -0.15) is 5.26 Å². The van der Waals surface area contributed by atoms with E-state index in [0.29, 0.717) is 29.2 Å². The fraction of sp³-hybridized carbons (Fsp3) is 0.286. The molecular formula is C35H37FN2O3. The Labute approximate surface area is 242 Å². The average Bonchev–Trinajstić information content (AvgIpc) is 3.52. The fourth-order valence-corrected chi connectivity index (χ4v) is 4.85. The van der Waals surface area contributed by atoms with Crippen LogP contribution in [0.4, 0.5) is 4.39 Å². The largest absolute Gasteiger partial charge is 0.488 e. The van der Waals surface area contributed by atoms with Gasteiger partial charge >= 0.3 is 0 Å². The molecule has 0 saturated heterocycles. The van der Waals surface area contributed by atoms with E-state index in [2.05, 4.69) is 11.1 Å². The topological polar surface area (TPSA) is 72.2 Å². The van der Waals surface area contributed by atoms with Crippen LogP contribution in [0.3, 0.4) is 0 Å². The van der Waals surface area contributed by atoms with Crippen LogP contribution in [0, 0.1) is 24.1 Å². The quantitative estimate of drug-likeness (QED) is 0.205. The van der Waals surface area contributed by atoms with E-state index in [-0.39, 0.29) is 12.4 Å². The molecule has 0 amide bonds. The third-order valence-electron chi connectivity index (χ3n) is 6.79. The van der Waals surface area contributed by atoms with E-state index >= 15 is 0 Å². The van der Waals surface area contributed by atoms with Gasteiger partial charge in [-0.05, 0) is 77.8 Å². The predicted octanol–water partition coefficient (Wildman–Crippen LogP) is 8.58. The molecule has 5 nitrogen and oxygen atoms in total. The zero-order chi connectivity index (χ0) is 29.8. The monoisotopic (exact) mass is 552 g/mol. The third kappa shape index (κ3) is 7.37. The van der Waals surface area contributed by atoms with Gasteiger partial charge in [0.05, 0.1) is 11.1 Å². The summed E-state index contributed by atoms with van der Waals surface area (Å²) in [5.74, 6) is 0.911. The number of halogens is 1. The minimum atomic E-state index is -0.263. The second kappa shape index (κ2) is 15.3. The van der Waals surface area contributed by atoms with Crippen molar-refractivity contribution in [3.63, 3.8) is 0 Å². The van der Waals surface area contributed by atoms with Crippen LogP contribution in [0.1, 0.15) is 77.9 Å². The summed E-state index contributed by atoms with van der Waals surface area (Å²) in [5, 5.41) is 9.13. The number of aldehydes is 1. The normalized spacial score (nSPS) is 11.1. The zero-order valence-electron chi connectivity index (χ0n) is 24.5. The van der Waals surface area contributed by atoms with Crippen LogP contribution in [0.15, 0.2) is 67.0 Å². The maximum Gasteiger partial charge on any atom is 0.154 e. The number of carbonyl (C=O) groups is 1. The third-order valence-corrected chi connectivity index (χ3v) is 6.79. The summed E-state index contributed by atoms with van der Waals surface area (Å²) in [4.78, 5) is 16.1. The molecule has 0 N–H and O–H groups in total. The van der Waals surface area contributed by atoms with E-state index in [1.807, 2.05) is 52.8 Å². The number of nitriles is 1. The number of nitrogens with zero attached hydrogens (tertiary/aromatic N) is 2. The van der Waals surface area contributed by atoms with Gasteiger partial charge in [0.15, 0.2) is 6.29 Å². The molecule has 0 unspecified atom stereocenters. The van der Waals surface area contributed by atoms with Crippen molar-refractivity contribution < 1.29 is 18.7 Å². The van der Waals surface area contributed by atoms with Crippen molar-refractivity contribution in [3.05, 3.63) is 112 Å². The lowest BCUT2D eigenvalue weighted by Gasteiger charge is -2.18. The molecular weight excluding hydrogens is 515 g/mol. The molecule has 0 saturated carbocycles. The molecule has 41 heavy (non-hydrogen) atoms. The summed E-state index contributed by atoms with van der Waals surface area (Å²) < 4.78 is 25.8. The highest BCUT2D eigenvalue weighted by Gasteiger charge is 2.24. The standard InChI is InChI=1S/C31H25FN2O3.2C2H6/c1-20-24(4-2-5-26(20)23-8-10-25(32)11-9-23)19-37-30-13-31(29(17-35)27-6-3-7-28(27)30)36-18-22-12-21(14-33)15-34-16-22;2*1-2/h2,4-5,8-13,15-17H,3,6-7,18-19H2,1H3;2*1-2H3. The van der Waals surface area contributed by atoms with Crippen LogP contribution >= 0.6 is 0 Å². The van der Waals surface area contributed by atoms with Gasteiger partial charge in [-0.1, -0.05) is 58.0 Å². The SMILES string of the molecule is CC.CC.Cc1c(COc2cc(OCc3cncc(C#N)c3)c(C=O)c3c2CCC3)cccc1-c1ccc(F)cc1. The van der Waals surface area contributed by atoms with Crippen molar-refractivity contribution >= 4 is 6.29 Å². The van der Waals surface area contributed by atoms with Crippen LogP contribution < -0.4 is 9.47 Å². The average molecular weight is 553 g/mol. The smallest absolute Gasteiger partial charge is 0.154 e. The van der Waals surface area contributed by atoms with Gasteiger partial charge in [0.1, 0.15) is 36.6 Å². The van der Waals surface area contributed by atoms with Crippen LogP contribution in [0.5, 0.6) is 11.5 Å². The van der Waals surface area contributed by atoms with E-state index in [1.54, 1.807) is 30.5 Å². The van der Waals surface area contributed by atoms with Crippen molar-refractivity contribution in [2.45, 2.75) is 67.1 Å². The Kier molecular flexibility index (Phi) is 11.6. The molecule has 0 aliphatic heterocycles. The number of hydrogen-bond acceptors (Lipinski definition) is 5. The lowest BCUT2D eigenvalue weighted by Crippen LogP contribution is -2.06.